The molecule has 0 atom stereocenters. The highest BCUT2D eigenvalue weighted by Crippen LogP contribution is 2.18. The minimum atomic E-state index is 0.791. The molecule has 0 fully saturated rings. The summed E-state index contributed by atoms with van der Waals surface area (Å²) in [6.45, 7) is 3.01. The Kier molecular flexibility index (Phi) is 7.18. The molecule has 0 radical (unpaired) electrons. The number of hydrogen-bond acceptors (Lipinski definition) is 3. The molecule has 0 saturated heterocycles. The standard InChI is InChI=1S/C20H25NO2/c1-3-4-5-6-15-23-20-11-7-17(8-12-20)16-21-18-9-13-19(22-2)14-10-18/h7-14,16H,3-6,15H2,1-2H3. The summed E-state index contributed by atoms with van der Waals surface area (Å²) in [5, 5.41) is 0. The van der Waals surface area contributed by atoms with E-state index < -0.39 is 0 Å². The molecule has 2 aromatic carbocycles. The van der Waals surface area contributed by atoms with Crippen LogP contribution in [0.1, 0.15) is 38.2 Å². The second kappa shape index (κ2) is 9.67. The lowest BCUT2D eigenvalue weighted by Gasteiger charge is -2.06. The molecule has 0 amide bonds. The van der Waals surface area contributed by atoms with Gasteiger partial charge in [0.05, 0.1) is 19.4 Å². The van der Waals surface area contributed by atoms with Crippen molar-refractivity contribution in [3.05, 3.63) is 54.1 Å². The van der Waals surface area contributed by atoms with Gasteiger partial charge in [0.2, 0.25) is 0 Å². The molecule has 0 aliphatic carbocycles. The van der Waals surface area contributed by atoms with Gasteiger partial charge >= 0.3 is 0 Å². The molecule has 0 aliphatic rings. The minimum Gasteiger partial charge on any atom is -0.497 e. The Bertz CT molecular complexity index is 588. The number of nitrogens with zero attached hydrogens (tertiary/aromatic N) is 1. The van der Waals surface area contributed by atoms with Gasteiger partial charge in [-0.3, -0.25) is 4.99 Å². The van der Waals surface area contributed by atoms with Gasteiger partial charge in [-0.1, -0.05) is 26.2 Å². The van der Waals surface area contributed by atoms with Crippen LogP contribution in [-0.4, -0.2) is 19.9 Å². The second-order valence-electron chi connectivity index (χ2n) is 5.43. The van der Waals surface area contributed by atoms with Crippen LogP contribution in [0.5, 0.6) is 11.5 Å². The van der Waals surface area contributed by atoms with Gasteiger partial charge in [-0.05, 0) is 60.5 Å². The summed E-state index contributed by atoms with van der Waals surface area (Å²) in [5.41, 5.74) is 1.96. The van der Waals surface area contributed by atoms with Gasteiger partial charge in [0.1, 0.15) is 11.5 Å². The van der Waals surface area contributed by atoms with E-state index in [1.54, 1.807) is 7.11 Å². The summed E-state index contributed by atoms with van der Waals surface area (Å²) >= 11 is 0. The predicted molar refractivity (Wildman–Crippen MR) is 96.3 cm³/mol. The van der Waals surface area contributed by atoms with Crippen LogP contribution in [0.15, 0.2) is 53.5 Å². The fourth-order valence-electron chi connectivity index (χ4n) is 2.19. The van der Waals surface area contributed by atoms with Crippen LogP contribution < -0.4 is 9.47 Å². The maximum absolute atomic E-state index is 5.74. The summed E-state index contributed by atoms with van der Waals surface area (Å²) in [4.78, 5) is 4.46. The number of unbranched alkanes of at least 4 members (excludes halogenated alkanes) is 3. The maximum atomic E-state index is 5.74. The summed E-state index contributed by atoms with van der Waals surface area (Å²) in [6, 6.07) is 15.7. The Morgan fingerprint density at radius 2 is 1.57 bits per heavy atom. The molecule has 3 nitrogen and oxygen atoms in total. The van der Waals surface area contributed by atoms with Crippen molar-refractivity contribution in [3.8, 4) is 11.5 Å². The van der Waals surface area contributed by atoms with E-state index in [-0.39, 0.29) is 0 Å². The first-order valence-corrected chi connectivity index (χ1v) is 8.23. The molecular weight excluding hydrogens is 286 g/mol. The van der Waals surface area contributed by atoms with E-state index in [1.165, 1.54) is 19.3 Å². The van der Waals surface area contributed by atoms with E-state index in [0.717, 1.165) is 35.8 Å². The van der Waals surface area contributed by atoms with Crippen molar-refractivity contribution >= 4 is 11.9 Å². The lowest BCUT2D eigenvalue weighted by atomic mass is 10.2. The topological polar surface area (TPSA) is 30.8 Å². The average Bonchev–Trinajstić information content (AvgIpc) is 2.61. The molecule has 3 heteroatoms. The lowest BCUT2D eigenvalue weighted by Crippen LogP contribution is -1.97. The monoisotopic (exact) mass is 311 g/mol. The Labute approximate surface area is 139 Å². The second-order valence-corrected chi connectivity index (χ2v) is 5.43. The van der Waals surface area contributed by atoms with E-state index in [0.29, 0.717) is 0 Å². The Balaban J connectivity index is 1.82. The molecule has 0 aromatic heterocycles. The van der Waals surface area contributed by atoms with Crippen LogP contribution in [0.3, 0.4) is 0 Å². The molecule has 0 spiro atoms. The number of ether oxygens (including phenoxy) is 2. The van der Waals surface area contributed by atoms with Crippen LogP contribution in [-0.2, 0) is 0 Å². The predicted octanol–water partition coefficient (Wildman–Crippen LogP) is 5.40. The molecular formula is C20H25NO2. The quantitative estimate of drug-likeness (QED) is 0.458. The lowest BCUT2D eigenvalue weighted by molar-refractivity contribution is 0.305. The van der Waals surface area contributed by atoms with E-state index >= 15 is 0 Å². The molecule has 0 saturated carbocycles. The van der Waals surface area contributed by atoms with Crippen LogP contribution in [0.25, 0.3) is 0 Å². The molecule has 122 valence electrons. The summed E-state index contributed by atoms with van der Waals surface area (Å²) in [5.74, 6) is 1.76. The fourth-order valence-corrected chi connectivity index (χ4v) is 2.19. The van der Waals surface area contributed by atoms with Gasteiger partial charge < -0.3 is 9.47 Å². The van der Waals surface area contributed by atoms with E-state index in [1.807, 2.05) is 54.7 Å². The van der Waals surface area contributed by atoms with Gasteiger partial charge in [0, 0.05) is 6.21 Å². The molecule has 2 rings (SSSR count). The first kappa shape index (κ1) is 17.1. The third-order valence-corrected chi connectivity index (χ3v) is 3.58. The van der Waals surface area contributed by atoms with Crippen LogP contribution in [0.2, 0.25) is 0 Å². The van der Waals surface area contributed by atoms with E-state index in [2.05, 4.69) is 11.9 Å². The van der Waals surface area contributed by atoms with Crippen molar-refractivity contribution in [2.45, 2.75) is 32.6 Å². The number of aliphatic imine (C=N–C) groups is 1. The number of hydrogen-bond donors (Lipinski definition) is 0. The van der Waals surface area contributed by atoms with Gasteiger partial charge in [-0.25, -0.2) is 0 Å². The van der Waals surface area contributed by atoms with Gasteiger partial charge in [0.15, 0.2) is 0 Å². The summed E-state index contributed by atoms with van der Waals surface area (Å²) in [7, 11) is 1.66. The first-order valence-electron chi connectivity index (χ1n) is 8.23. The highest BCUT2D eigenvalue weighted by atomic mass is 16.5. The third-order valence-electron chi connectivity index (χ3n) is 3.58. The Morgan fingerprint density at radius 3 is 2.22 bits per heavy atom. The first-order chi connectivity index (χ1) is 11.3. The van der Waals surface area contributed by atoms with Crippen molar-refractivity contribution in [1.82, 2.24) is 0 Å². The SMILES string of the molecule is CCCCCCOc1ccc(C=Nc2ccc(OC)cc2)cc1. The summed E-state index contributed by atoms with van der Waals surface area (Å²) in [6.07, 6.45) is 6.75. The highest BCUT2D eigenvalue weighted by molar-refractivity contribution is 5.82. The molecule has 0 N–H and O–H groups in total. The number of benzene rings is 2. The molecule has 2 aromatic rings. The van der Waals surface area contributed by atoms with Crippen LogP contribution in [0, 0.1) is 0 Å². The normalized spacial score (nSPS) is 10.9. The smallest absolute Gasteiger partial charge is 0.119 e. The Hall–Kier alpha value is -2.29. The van der Waals surface area contributed by atoms with Gasteiger partial charge in [-0.2, -0.15) is 0 Å². The van der Waals surface area contributed by atoms with Crippen LogP contribution in [0.4, 0.5) is 5.69 Å². The minimum absolute atomic E-state index is 0.791. The molecule has 0 heterocycles. The van der Waals surface area contributed by atoms with Gasteiger partial charge in [-0.15, -0.1) is 0 Å². The molecule has 0 aliphatic heterocycles. The zero-order valence-electron chi connectivity index (χ0n) is 14.0. The highest BCUT2D eigenvalue weighted by Gasteiger charge is 1.95. The van der Waals surface area contributed by atoms with E-state index in [4.69, 9.17) is 9.47 Å². The summed E-state index contributed by atoms with van der Waals surface area (Å²) < 4.78 is 10.9. The fraction of sp³-hybridized carbons (Fsp3) is 0.350. The third kappa shape index (κ3) is 6.15. The zero-order valence-corrected chi connectivity index (χ0v) is 14.0. The van der Waals surface area contributed by atoms with Crippen LogP contribution >= 0.6 is 0 Å². The van der Waals surface area contributed by atoms with Crippen molar-refractivity contribution in [1.29, 1.82) is 0 Å². The average molecular weight is 311 g/mol. The zero-order chi connectivity index (χ0) is 16.3. The van der Waals surface area contributed by atoms with Crippen molar-refractivity contribution in [2.75, 3.05) is 13.7 Å². The maximum Gasteiger partial charge on any atom is 0.119 e. The molecule has 0 unspecified atom stereocenters. The largest absolute Gasteiger partial charge is 0.497 e. The number of rotatable bonds is 9. The Morgan fingerprint density at radius 1 is 0.870 bits per heavy atom. The van der Waals surface area contributed by atoms with Crippen molar-refractivity contribution in [3.63, 3.8) is 0 Å². The van der Waals surface area contributed by atoms with E-state index in [9.17, 15) is 0 Å². The van der Waals surface area contributed by atoms with Crippen molar-refractivity contribution < 1.29 is 9.47 Å². The van der Waals surface area contributed by atoms with Crippen molar-refractivity contribution in [2.24, 2.45) is 4.99 Å². The molecule has 0 bridgehead atoms. The molecule has 23 heavy (non-hydrogen) atoms. The number of methoxy groups -OCH3 is 1. The van der Waals surface area contributed by atoms with Gasteiger partial charge in [0.25, 0.3) is 0 Å².